The Balaban J connectivity index is 1.83. The minimum atomic E-state index is -3.33. The third kappa shape index (κ3) is 4.44. The summed E-state index contributed by atoms with van der Waals surface area (Å²) in [5.74, 6) is -0.135. The normalized spacial score (nSPS) is 11.5. The number of pyridine rings is 1. The standard InChI is InChI=1S/C23H22N4O3S/c1-14-20(24-15(2)28)13-12-19-22(14)26-21-7-5-4-6-18(21)23(19)25-16-8-10-17(11-9-16)27-31(3,29)30/h4-13,27H,1-3H3,(H,24,28)(H,25,26). The summed E-state index contributed by atoms with van der Waals surface area (Å²) in [4.78, 5) is 16.4. The van der Waals surface area contributed by atoms with Gasteiger partial charge >= 0.3 is 0 Å². The molecule has 158 valence electrons. The first-order valence-electron chi connectivity index (χ1n) is 9.66. The van der Waals surface area contributed by atoms with Crippen molar-refractivity contribution in [2.75, 3.05) is 21.6 Å². The van der Waals surface area contributed by atoms with Crippen LogP contribution in [0.5, 0.6) is 0 Å². The van der Waals surface area contributed by atoms with Crippen molar-refractivity contribution in [1.29, 1.82) is 0 Å². The lowest BCUT2D eigenvalue weighted by atomic mass is 10.0. The second kappa shape index (κ2) is 7.88. The van der Waals surface area contributed by atoms with Crippen molar-refractivity contribution in [2.24, 2.45) is 0 Å². The summed E-state index contributed by atoms with van der Waals surface area (Å²) in [5, 5.41) is 8.19. The lowest BCUT2D eigenvalue weighted by Crippen LogP contribution is -2.09. The fraction of sp³-hybridized carbons (Fsp3) is 0.130. The topological polar surface area (TPSA) is 100 Å². The van der Waals surface area contributed by atoms with Gasteiger partial charge in [0.15, 0.2) is 0 Å². The molecule has 31 heavy (non-hydrogen) atoms. The molecule has 0 aliphatic heterocycles. The number of aromatic nitrogens is 1. The number of sulfonamides is 1. The molecular weight excluding hydrogens is 412 g/mol. The monoisotopic (exact) mass is 434 g/mol. The van der Waals surface area contributed by atoms with Gasteiger partial charge in [0.25, 0.3) is 0 Å². The van der Waals surface area contributed by atoms with E-state index in [1.807, 2.05) is 55.5 Å². The summed E-state index contributed by atoms with van der Waals surface area (Å²) in [7, 11) is -3.33. The second-order valence-corrected chi connectivity index (χ2v) is 9.14. The zero-order chi connectivity index (χ0) is 22.2. The minimum absolute atomic E-state index is 0.135. The predicted octanol–water partition coefficient (Wildman–Crippen LogP) is 4.77. The van der Waals surface area contributed by atoms with Crippen molar-refractivity contribution in [3.8, 4) is 0 Å². The summed E-state index contributed by atoms with van der Waals surface area (Å²) >= 11 is 0. The highest BCUT2D eigenvalue weighted by molar-refractivity contribution is 7.92. The number of carbonyl (C=O) groups excluding carboxylic acids is 1. The van der Waals surface area contributed by atoms with Gasteiger partial charge in [0.1, 0.15) is 0 Å². The molecule has 8 heteroatoms. The van der Waals surface area contributed by atoms with Gasteiger partial charge in [0.2, 0.25) is 15.9 Å². The van der Waals surface area contributed by atoms with Gasteiger partial charge in [-0.1, -0.05) is 18.2 Å². The number of carbonyl (C=O) groups is 1. The molecule has 0 saturated heterocycles. The molecule has 0 fully saturated rings. The third-order valence-electron chi connectivity index (χ3n) is 4.87. The first-order valence-corrected chi connectivity index (χ1v) is 11.5. The number of benzene rings is 3. The Kier molecular flexibility index (Phi) is 5.24. The summed E-state index contributed by atoms with van der Waals surface area (Å²) in [6, 6.07) is 18.7. The van der Waals surface area contributed by atoms with E-state index < -0.39 is 10.0 Å². The van der Waals surface area contributed by atoms with Crippen molar-refractivity contribution < 1.29 is 13.2 Å². The van der Waals surface area contributed by atoms with Gasteiger partial charge in [-0.3, -0.25) is 9.52 Å². The van der Waals surface area contributed by atoms with Crippen LogP contribution in [0.3, 0.4) is 0 Å². The van der Waals surface area contributed by atoms with Gasteiger partial charge in [-0.2, -0.15) is 0 Å². The van der Waals surface area contributed by atoms with E-state index in [9.17, 15) is 13.2 Å². The van der Waals surface area contributed by atoms with Crippen LogP contribution in [0.4, 0.5) is 22.7 Å². The third-order valence-corrected chi connectivity index (χ3v) is 5.48. The fourth-order valence-corrected chi connectivity index (χ4v) is 4.10. The van der Waals surface area contributed by atoms with Crippen LogP contribution in [0.15, 0.2) is 60.7 Å². The Morgan fingerprint density at radius 1 is 0.903 bits per heavy atom. The quantitative estimate of drug-likeness (QED) is 0.393. The van der Waals surface area contributed by atoms with E-state index in [0.29, 0.717) is 5.69 Å². The summed E-state index contributed by atoms with van der Waals surface area (Å²) < 4.78 is 25.3. The van der Waals surface area contributed by atoms with Crippen LogP contribution in [0, 0.1) is 6.92 Å². The van der Waals surface area contributed by atoms with Crippen LogP contribution in [0.2, 0.25) is 0 Å². The number of nitrogens with one attached hydrogen (secondary N) is 3. The highest BCUT2D eigenvalue weighted by atomic mass is 32.2. The van der Waals surface area contributed by atoms with E-state index in [4.69, 9.17) is 4.98 Å². The first kappa shape index (κ1) is 20.6. The smallest absolute Gasteiger partial charge is 0.229 e. The average molecular weight is 435 g/mol. The van der Waals surface area contributed by atoms with Crippen molar-refractivity contribution >= 4 is 60.5 Å². The van der Waals surface area contributed by atoms with Gasteiger partial charge in [-0.25, -0.2) is 13.4 Å². The Hall–Kier alpha value is -3.65. The zero-order valence-corrected chi connectivity index (χ0v) is 18.2. The molecule has 1 heterocycles. The molecule has 0 saturated carbocycles. The number of nitrogens with zero attached hydrogens (tertiary/aromatic N) is 1. The van der Waals surface area contributed by atoms with Crippen molar-refractivity contribution in [3.63, 3.8) is 0 Å². The molecule has 0 radical (unpaired) electrons. The number of aryl methyl sites for hydroxylation is 1. The number of anilines is 4. The number of hydrogen-bond donors (Lipinski definition) is 3. The van der Waals surface area contributed by atoms with E-state index in [0.717, 1.165) is 50.7 Å². The number of amides is 1. The molecule has 0 bridgehead atoms. The Morgan fingerprint density at radius 2 is 1.58 bits per heavy atom. The van der Waals surface area contributed by atoms with Gasteiger partial charge in [-0.15, -0.1) is 0 Å². The highest BCUT2D eigenvalue weighted by Crippen LogP contribution is 2.36. The summed E-state index contributed by atoms with van der Waals surface area (Å²) in [5.41, 5.74) is 5.42. The maximum absolute atomic E-state index is 11.5. The molecule has 0 unspecified atom stereocenters. The second-order valence-electron chi connectivity index (χ2n) is 7.40. The molecule has 0 atom stereocenters. The summed E-state index contributed by atoms with van der Waals surface area (Å²) in [6.45, 7) is 3.41. The van der Waals surface area contributed by atoms with E-state index in [2.05, 4.69) is 15.4 Å². The Labute approximate surface area is 180 Å². The maximum Gasteiger partial charge on any atom is 0.229 e. The van der Waals surface area contributed by atoms with Crippen LogP contribution < -0.4 is 15.4 Å². The minimum Gasteiger partial charge on any atom is -0.354 e. The van der Waals surface area contributed by atoms with E-state index in [1.54, 1.807) is 12.1 Å². The van der Waals surface area contributed by atoms with Crippen LogP contribution in [0.25, 0.3) is 21.8 Å². The molecule has 4 rings (SSSR count). The molecule has 3 N–H and O–H groups in total. The Morgan fingerprint density at radius 3 is 2.26 bits per heavy atom. The molecule has 1 amide bonds. The van der Waals surface area contributed by atoms with Crippen LogP contribution in [-0.4, -0.2) is 25.6 Å². The molecule has 3 aromatic carbocycles. The molecule has 0 aliphatic rings. The summed E-state index contributed by atoms with van der Waals surface area (Å²) in [6.07, 6.45) is 1.12. The average Bonchev–Trinajstić information content (AvgIpc) is 2.70. The highest BCUT2D eigenvalue weighted by Gasteiger charge is 2.14. The molecule has 4 aromatic rings. The van der Waals surface area contributed by atoms with E-state index >= 15 is 0 Å². The molecule has 7 nitrogen and oxygen atoms in total. The predicted molar refractivity (Wildman–Crippen MR) is 126 cm³/mol. The van der Waals surface area contributed by atoms with Gasteiger partial charge < -0.3 is 10.6 Å². The maximum atomic E-state index is 11.5. The van der Waals surface area contributed by atoms with Crippen molar-refractivity contribution in [1.82, 2.24) is 4.98 Å². The van der Waals surface area contributed by atoms with E-state index in [1.165, 1.54) is 6.92 Å². The van der Waals surface area contributed by atoms with Crippen LogP contribution in [0.1, 0.15) is 12.5 Å². The number of fused-ring (bicyclic) bond motifs is 2. The van der Waals surface area contributed by atoms with Crippen LogP contribution >= 0.6 is 0 Å². The SMILES string of the molecule is CC(=O)Nc1ccc2c(Nc3ccc(NS(C)(=O)=O)cc3)c3ccccc3nc2c1C. The van der Waals surface area contributed by atoms with E-state index in [-0.39, 0.29) is 5.91 Å². The number of para-hydroxylation sites is 1. The molecular formula is C23H22N4O3S. The van der Waals surface area contributed by atoms with Gasteiger partial charge in [0, 0.05) is 34.8 Å². The first-order chi connectivity index (χ1) is 14.7. The van der Waals surface area contributed by atoms with Crippen molar-refractivity contribution in [3.05, 3.63) is 66.2 Å². The lowest BCUT2D eigenvalue weighted by molar-refractivity contribution is -0.114. The van der Waals surface area contributed by atoms with Gasteiger partial charge in [0.05, 0.1) is 23.0 Å². The fourth-order valence-electron chi connectivity index (χ4n) is 3.53. The van der Waals surface area contributed by atoms with Crippen molar-refractivity contribution in [2.45, 2.75) is 13.8 Å². The van der Waals surface area contributed by atoms with Gasteiger partial charge in [-0.05, 0) is 55.0 Å². The molecule has 0 aliphatic carbocycles. The number of hydrogen-bond acceptors (Lipinski definition) is 5. The molecule has 0 spiro atoms. The zero-order valence-electron chi connectivity index (χ0n) is 17.4. The number of rotatable bonds is 5. The molecule has 1 aromatic heterocycles. The largest absolute Gasteiger partial charge is 0.354 e. The lowest BCUT2D eigenvalue weighted by Gasteiger charge is -2.16. The Bertz CT molecular complexity index is 1410. The van der Waals surface area contributed by atoms with Crippen LogP contribution in [-0.2, 0) is 14.8 Å².